The third kappa shape index (κ3) is 5.51. The number of hydrogen-bond acceptors (Lipinski definition) is 2. The minimum absolute atomic E-state index is 0.124. The third-order valence-corrected chi connectivity index (χ3v) is 5.70. The van der Waals surface area contributed by atoms with Gasteiger partial charge in [-0.25, -0.2) is 0 Å². The van der Waals surface area contributed by atoms with E-state index in [4.69, 9.17) is 4.74 Å². The van der Waals surface area contributed by atoms with Gasteiger partial charge in [0.2, 0.25) is 0 Å². The van der Waals surface area contributed by atoms with Gasteiger partial charge in [-0.2, -0.15) is 13.2 Å². The Morgan fingerprint density at radius 2 is 1.72 bits per heavy atom. The van der Waals surface area contributed by atoms with E-state index in [2.05, 4.69) is 34.8 Å². The summed E-state index contributed by atoms with van der Waals surface area (Å²) in [7, 11) is 1.64. The van der Waals surface area contributed by atoms with E-state index in [0.29, 0.717) is 6.54 Å². The largest absolute Gasteiger partial charge is 0.497 e. The topological polar surface area (TPSA) is 21.3 Å². The van der Waals surface area contributed by atoms with Gasteiger partial charge in [-0.15, -0.1) is 0 Å². The van der Waals surface area contributed by atoms with Crippen LogP contribution in [-0.4, -0.2) is 7.11 Å². The molecule has 0 amide bonds. The Morgan fingerprint density at radius 3 is 2.38 bits per heavy atom. The number of methoxy groups -OCH3 is 1. The van der Waals surface area contributed by atoms with Gasteiger partial charge in [0.15, 0.2) is 0 Å². The van der Waals surface area contributed by atoms with Crippen LogP contribution in [0.2, 0.25) is 0 Å². The van der Waals surface area contributed by atoms with E-state index in [1.807, 2.05) is 42.5 Å². The maximum absolute atomic E-state index is 12.8. The van der Waals surface area contributed by atoms with Crippen molar-refractivity contribution < 1.29 is 17.9 Å². The molecule has 152 valence electrons. The zero-order chi connectivity index (χ0) is 21.0. The van der Waals surface area contributed by atoms with Crippen molar-refractivity contribution in [3.8, 4) is 16.9 Å². The lowest BCUT2D eigenvalue weighted by atomic mass is 10.0. The number of nitrogens with one attached hydrogen (secondary N) is 1. The molecule has 0 radical (unpaired) electrons. The molecule has 1 N–H and O–H groups in total. The van der Waals surface area contributed by atoms with Crippen LogP contribution in [0.3, 0.4) is 0 Å². The van der Waals surface area contributed by atoms with E-state index >= 15 is 0 Å². The van der Waals surface area contributed by atoms with Gasteiger partial charge in [-0.05, 0) is 88.2 Å². The Labute approximate surface area is 182 Å². The molecule has 0 aromatic heterocycles. The summed E-state index contributed by atoms with van der Waals surface area (Å²) in [5.41, 5.74) is 3.24. The van der Waals surface area contributed by atoms with Crippen LogP contribution in [-0.2, 0) is 12.7 Å². The predicted molar refractivity (Wildman–Crippen MR) is 118 cm³/mol. The minimum Gasteiger partial charge on any atom is -0.497 e. The molecule has 2 nitrogen and oxygen atoms in total. The fourth-order valence-electron chi connectivity index (χ4n) is 3.04. The second-order valence-electron chi connectivity index (χ2n) is 6.77. The lowest BCUT2D eigenvalue weighted by Crippen LogP contribution is -2.18. The van der Waals surface area contributed by atoms with Crippen molar-refractivity contribution in [3.63, 3.8) is 0 Å². The number of rotatable bonds is 6. The monoisotopic (exact) mass is 511 g/mol. The Hall–Kier alpha value is -2.06. The Kier molecular flexibility index (Phi) is 6.85. The normalized spacial score (nSPS) is 12.6. The lowest BCUT2D eigenvalue weighted by Gasteiger charge is -2.16. The summed E-state index contributed by atoms with van der Waals surface area (Å²) in [6, 6.07) is 19.4. The van der Waals surface area contributed by atoms with Gasteiger partial charge in [0.1, 0.15) is 5.75 Å². The highest BCUT2D eigenvalue weighted by atomic mass is 127. The van der Waals surface area contributed by atoms with Crippen LogP contribution in [0.15, 0.2) is 66.7 Å². The number of hydrogen-bond donors (Lipinski definition) is 1. The highest BCUT2D eigenvalue weighted by Gasteiger charge is 2.30. The minimum atomic E-state index is -4.33. The molecular weight excluding hydrogens is 490 g/mol. The number of benzene rings is 3. The zero-order valence-corrected chi connectivity index (χ0v) is 18.2. The van der Waals surface area contributed by atoms with Crippen LogP contribution in [0.5, 0.6) is 5.75 Å². The van der Waals surface area contributed by atoms with Gasteiger partial charge in [-0.1, -0.05) is 30.3 Å². The molecule has 3 rings (SSSR count). The first-order chi connectivity index (χ1) is 13.8. The van der Waals surface area contributed by atoms with Gasteiger partial charge in [-0.3, -0.25) is 0 Å². The molecule has 6 heteroatoms. The SMILES string of the molecule is COc1cccc([C@@H](C)NCc2ccc(I)c(-c3ccc(C(F)(F)F)cc3)c2)c1. The first-order valence-corrected chi connectivity index (χ1v) is 10.2. The maximum atomic E-state index is 12.8. The van der Waals surface area contributed by atoms with E-state index in [-0.39, 0.29) is 6.04 Å². The first-order valence-electron chi connectivity index (χ1n) is 9.11. The van der Waals surface area contributed by atoms with Crippen LogP contribution in [0.1, 0.15) is 29.7 Å². The summed E-state index contributed by atoms with van der Waals surface area (Å²) in [5.74, 6) is 0.815. The smallest absolute Gasteiger partial charge is 0.416 e. The fraction of sp³-hybridized carbons (Fsp3) is 0.217. The molecule has 0 bridgehead atoms. The van der Waals surface area contributed by atoms with E-state index in [1.165, 1.54) is 12.1 Å². The lowest BCUT2D eigenvalue weighted by molar-refractivity contribution is -0.137. The molecule has 0 saturated heterocycles. The van der Waals surface area contributed by atoms with Gasteiger partial charge in [0.05, 0.1) is 12.7 Å². The van der Waals surface area contributed by atoms with Gasteiger partial charge >= 0.3 is 6.18 Å². The second kappa shape index (κ2) is 9.17. The Morgan fingerprint density at radius 1 is 1.00 bits per heavy atom. The molecule has 0 aliphatic carbocycles. The van der Waals surface area contributed by atoms with Crippen molar-refractivity contribution in [3.05, 3.63) is 87.0 Å². The summed E-state index contributed by atoms with van der Waals surface area (Å²) in [4.78, 5) is 0. The maximum Gasteiger partial charge on any atom is 0.416 e. The molecule has 0 spiro atoms. The molecule has 3 aromatic carbocycles. The van der Waals surface area contributed by atoms with Crippen molar-refractivity contribution in [1.29, 1.82) is 0 Å². The molecule has 0 aliphatic rings. The fourth-order valence-corrected chi connectivity index (χ4v) is 3.69. The molecule has 0 aliphatic heterocycles. The van der Waals surface area contributed by atoms with Crippen molar-refractivity contribution in [2.75, 3.05) is 7.11 Å². The number of halogens is 4. The molecule has 29 heavy (non-hydrogen) atoms. The van der Waals surface area contributed by atoms with E-state index in [0.717, 1.165) is 43.7 Å². The molecule has 0 fully saturated rings. The summed E-state index contributed by atoms with van der Waals surface area (Å²) < 4.78 is 44.7. The summed E-state index contributed by atoms with van der Waals surface area (Å²) in [6.45, 7) is 2.72. The molecule has 0 saturated carbocycles. The van der Waals surface area contributed by atoms with Gasteiger partial charge in [0, 0.05) is 16.2 Å². The van der Waals surface area contributed by atoms with Crippen molar-refractivity contribution in [1.82, 2.24) is 5.32 Å². The van der Waals surface area contributed by atoms with Crippen LogP contribution in [0.4, 0.5) is 13.2 Å². The molecule has 3 aromatic rings. The third-order valence-electron chi connectivity index (χ3n) is 4.76. The zero-order valence-electron chi connectivity index (χ0n) is 16.1. The van der Waals surface area contributed by atoms with Crippen molar-refractivity contribution in [2.45, 2.75) is 25.7 Å². The molecule has 0 heterocycles. The van der Waals surface area contributed by atoms with Crippen molar-refractivity contribution >= 4 is 22.6 Å². The van der Waals surface area contributed by atoms with E-state index in [1.54, 1.807) is 7.11 Å². The van der Waals surface area contributed by atoms with Crippen LogP contribution in [0.25, 0.3) is 11.1 Å². The van der Waals surface area contributed by atoms with Crippen LogP contribution in [0, 0.1) is 3.57 Å². The first kappa shape index (κ1) is 21.6. The Bertz CT molecular complexity index is 971. The standard InChI is InChI=1S/C23H21F3INO/c1-15(18-4-3-5-20(13-18)29-2)28-14-16-6-11-22(27)21(12-16)17-7-9-19(10-8-17)23(24,25)26/h3-13,15,28H,14H2,1-2H3/t15-/m1/s1. The summed E-state index contributed by atoms with van der Waals surface area (Å²) in [5, 5.41) is 3.49. The average molecular weight is 511 g/mol. The Balaban J connectivity index is 1.75. The average Bonchev–Trinajstić information content (AvgIpc) is 2.72. The summed E-state index contributed by atoms with van der Waals surface area (Å²) >= 11 is 2.21. The van der Waals surface area contributed by atoms with E-state index < -0.39 is 11.7 Å². The number of alkyl halides is 3. The summed E-state index contributed by atoms with van der Waals surface area (Å²) in [6.07, 6.45) is -4.33. The van der Waals surface area contributed by atoms with Crippen LogP contribution >= 0.6 is 22.6 Å². The van der Waals surface area contributed by atoms with E-state index in [9.17, 15) is 13.2 Å². The van der Waals surface area contributed by atoms with Crippen LogP contribution < -0.4 is 10.1 Å². The number of ether oxygens (including phenoxy) is 1. The van der Waals surface area contributed by atoms with Crippen molar-refractivity contribution in [2.24, 2.45) is 0 Å². The predicted octanol–water partition coefficient (Wildman–Crippen LogP) is 6.84. The second-order valence-corrected chi connectivity index (χ2v) is 7.93. The van der Waals surface area contributed by atoms with Gasteiger partial charge in [0.25, 0.3) is 0 Å². The van der Waals surface area contributed by atoms with Gasteiger partial charge < -0.3 is 10.1 Å². The highest BCUT2D eigenvalue weighted by Crippen LogP contribution is 2.32. The quantitative estimate of drug-likeness (QED) is 0.366. The highest BCUT2D eigenvalue weighted by molar-refractivity contribution is 14.1. The molecule has 1 atom stereocenters. The molecule has 0 unspecified atom stereocenters. The molecular formula is C23H21F3INO.